The van der Waals surface area contributed by atoms with Gasteiger partial charge in [-0.15, -0.1) is 0 Å². The van der Waals surface area contributed by atoms with Crippen molar-refractivity contribution in [1.82, 2.24) is 15.1 Å². The number of nitrogens with two attached hydrogens (primary N) is 1. The highest BCUT2D eigenvalue weighted by molar-refractivity contribution is 5.95. The first kappa shape index (κ1) is 13.1. The molecule has 1 heterocycles. The predicted molar refractivity (Wildman–Crippen MR) is 70.2 cm³/mol. The summed E-state index contributed by atoms with van der Waals surface area (Å²) in [6.07, 6.45) is 6.47. The third kappa shape index (κ3) is 2.56. The van der Waals surface area contributed by atoms with E-state index in [0.717, 1.165) is 5.69 Å². The molecule has 2 rings (SSSR count). The van der Waals surface area contributed by atoms with Crippen LogP contribution < -0.4 is 11.1 Å². The topological polar surface area (TPSA) is 72.9 Å². The summed E-state index contributed by atoms with van der Waals surface area (Å²) in [5.74, 6) is 0.485. The van der Waals surface area contributed by atoms with Crippen molar-refractivity contribution < 1.29 is 4.79 Å². The molecule has 0 radical (unpaired) electrons. The molecule has 5 nitrogen and oxygen atoms in total. The van der Waals surface area contributed by atoms with E-state index in [2.05, 4.69) is 10.4 Å². The summed E-state index contributed by atoms with van der Waals surface area (Å²) < 4.78 is 1.71. The number of rotatable bonds is 4. The van der Waals surface area contributed by atoms with Crippen molar-refractivity contribution in [2.75, 3.05) is 6.54 Å². The highest BCUT2D eigenvalue weighted by Crippen LogP contribution is 2.27. The van der Waals surface area contributed by atoms with Gasteiger partial charge >= 0.3 is 0 Å². The van der Waals surface area contributed by atoms with Gasteiger partial charge in [-0.25, -0.2) is 0 Å². The van der Waals surface area contributed by atoms with Crippen molar-refractivity contribution >= 4 is 5.91 Å². The summed E-state index contributed by atoms with van der Waals surface area (Å²) in [4.78, 5) is 12.2. The summed E-state index contributed by atoms with van der Waals surface area (Å²) in [5, 5.41) is 7.15. The van der Waals surface area contributed by atoms with Gasteiger partial charge in [0.2, 0.25) is 0 Å². The van der Waals surface area contributed by atoms with E-state index in [1.54, 1.807) is 10.9 Å². The molecule has 1 aliphatic rings. The van der Waals surface area contributed by atoms with E-state index >= 15 is 0 Å². The van der Waals surface area contributed by atoms with Crippen molar-refractivity contribution in [2.45, 2.75) is 38.6 Å². The molecular weight excluding hydrogens is 228 g/mol. The molecule has 5 heteroatoms. The quantitative estimate of drug-likeness (QED) is 0.836. The smallest absolute Gasteiger partial charge is 0.255 e. The Labute approximate surface area is 108 Å². The van der Waals surface area contributed by atoms with Crippen molar-refractivity contribution in [3.63, 3.8) is 0 Å². The van der Waals surface area contributed by atoms with E-state index in [4.69, 9.17) is 5.73 Å². The standard InChI is InChI=1S/C13H22N4O/c1-9-11(8-15-17(9)2)13(18)16-12(7-14)10-5-3-4-6-10/h8,10,12H,3-7,14H2,1-2H3,(H,16,18). The maximum Gasteiger partial charge on any atom is 0.255 e. The number of aryl methyl sites for hydroxylation is 1. The lowest BCUT2D eigenvalue weighted by Crippen LogP contribution is -2.44. The van der Waals surface area contributed by atoms with Gasteiger partial charge in [-0.2, -0.15) is 5.10 Å². The highest BCUT2D eigenvalue weighted by Gasteiger charge is 2.26. The first-order chi connectivity index (χ1) is 8.63. The van der Waals surface area contributed by atoms with Crippen molar-refractivity contribution in [1.29, 1.82) is 0 Å². The summed E-state index contributed by atoms with van der Waals surface area (Å²) in [5.41, 5.74) is 7.32. The molecule has 18 heavy (non-hydrogen) atoms. The van der Waals surface area contributed by atoms with E-state index in [-0.39, 0.29) is 11.9 Å². The minimum atomic E-state index is -0.0528. The lowest BCUT2D eigenvalue weighted by atomic mass is 9.98. The number of hydrogen-bond donors (Lipinski definition) is 2. The zero-order chi connectivity index (χ0) is 13.1. The van der Waals surface area contributed by atoms with Crippen LogP contribution in [0.15, 0.2) is 6.20 Å². The fourth-order valence-corrected chi connectivity index (χ4v) is 2.70. The van der Waals surface area contributed by atoms with Crippen LogP contribution in [-0.2, 0) is 7.05 Å². The number of aromatic nitrogens is 2. The Morgan fingerprint density at radius 1 is 1.61 bits per heavy atom. The molecule has 0 spiro atoms. The second-order valence-corrected chi connectivity index (χ2v) is 5.13. The normalized spacial score (nSPS) is 17.9. The fourth-order valence-electron chi connectivity index (χ4n) is 2.70. The number of nitrogens with one attached hydrogen (secondary N) is 1. The van der Waals surface area contributed by atoms with Gasteiger partial charge in [0, 0.05) is 25.3 Å². The van der Waals surface area contributed by atoms with Crippen LogP contribution in [0, 0.1) is 12.8 Å². The van der Waals surface area contributed by atoms with E-state index in [1.165, 1.54) is 25.7 Å². The van der Waals surface area contributed by atoms with E-state index in [9.17, 15) is 4.79 Å². The van der Waals surface area contributed by atoms with Crippen LogP contribution in [0.25, 0.3) is 0 Å². The van der Waals surface area contributed by atoms with E-state index in [0.29, 0.717) is 18.0 Å². The van der Waals surface area contributed by atoms with E-state index in [1.807, 2.05) is 14.0 Å². The molecule has 1 fully saturated rings. The third-order valence-corrected chi connectivity index (χ3v) is 4.02. The Kier molecular flexibility index (Phi) is 4.01. The molecule has 3 N–H and O–H groups in total. The Morgan fingerprint density at radius 3 is 2.78 bits per heavy atom. The van der Waals surface area contributed by atoms with Gasteiger partial charge in [0.1, 0.15) is 0 Å². The van der Waals surface area contributed by atoms with Gasteiger partial charge in [0.25, 0.3) is 5.91 Å². The molecule has 1 unspecified atom stereocenters. The second-order valence-electron chi connectivity index (χ2n) is 5.13. The average Bonchev–Trinajstić information content (AvgIpc) is 2.98. The highest BCUT2D eigenvalue weighted by atomic mass is 16.1. The van der Waals surface area contributed by atoms with Crippen LogP contribution in [-0.4, -0.2) is 28.3 Å². The second kappa shape index (κ2) is 5.52. The minimum absolute atomic E-state index is 0.0528. The molecular formula is C13H22N4O. The Balaban J connectivity index is 2.03. The molecule has 100 valence electrons. The first-order valence-corrected chi connectivity index (χ1v) is 6.63. The monoisotopic (exact) mass is 250 g/mol. The Morgan fingerprint density at radius 2 is 2.28 bits per heavy atom. The largest absolute Gasteiger partial charge is 0.348 e. The van der Waals surface area contributed by atoms with Crippen molar-refractivity contribution in [2.24, 2.45) is 18.7 Å². The molecule has 1 amide bonds. The van der Waals surface area contributed by atoms with Crippen LogP contribution >= 0.6 is 0 Å². The van der Waals surface area contributed by atoms with E-state index < -0.39 is 0 Å². The number of nitrogens with zero attached hydrogens (tertiary/aromatic N) is 2. The molecule has 1 aromatic rings. The van der Waals surface area contributed by atoms with Gasteiger partial charge < -0.3 is 11.1 Å². The molecule has 1 aliphatic carbocycles. The third-order valence-electron chi connectivity index (χ3n) is 4.02. The molecule has 1 atom stereocenters. The average molecular weight is 250 g/mol. The van der Waals surface area contributed by atoms with Crippen molar-refractivity contribution in [3.8, 4) is 0 Å². The zero-order valence-electron chi connectivity index (χ0n) is 11.1. The molecule has 1 saturated carbocycles. The van der Waals surface area contributed by atoms with Gasteiger partial charge in [-0.3, -0.25) is 9.48 Å². The fraction of sp³-hybridized carbons (Fsp3) is 0.692. The lowest BCUT2D eigenvalue weighted by molar-refractivity contribution is 0.0923. The number of amides is 1. The predicted octanol–water partition coefficient (Wildman–Crippen LogP) is 0.976. The maximum atomic E-state index is 12.2. The van der Waals surface area contributed by atoms with Gasteiger partial charge in [-0.1, -0.05) is 12.8 Å². The molecule has 0 bridgehead atoms. The number of carbonyl (C=O) groups excluding carboxylic acids is 1. The Bertz CT molecular complexity index is 421. The molecule has 0 aromatic carbocycles. The SMILES string of the molecule is Cc1c(C(=O)NC(CN)C2CCCC2)cnn1C. The number of carbonyl (C=O) groups is 1. The van der Waals surface area contributed by atoms with Gasteiger partial charge in [0.05, 0.1) is 11.8 Å². The summed E-state index contributed by atoms with van der Waals surface area (Å²) in [6.45, 7) is 2.41. The van der Waals surface area contributed by atoms with Crippen LogP contribution in [0.4, 0.5) is 0 Å². The summed E-state index contributed by atoms with van der Waals surface area (Å²) in [7, 11) is 1.84. The summed E-state index contributed by atoms with van der Waals surface area (Å²) >= 11 is 0. The first-order valence-electron chi connectivity index (χ1n) is 6.63. The van der Waals surface area contributed by atoms with Crippen LogP contribution in [0.2, 0.25) is 0 Å². The van der Waals surface area contributed by atoms with Crippen LogP contribution in [0.5, 0.6) is 0 Å². The minimum Gasteiger partial charge on any atom is -0.348 e. The van der Waals surface area contributed by atoms with Crippen LogP contribution in [0.3, 0.4) is 0 Å². The lowest BCUT2D eigenvalue weighted by Gasteiger charge is -2.23. The maximum absolute atomic E-state index is 12.2. The molecule has 1 aromatic heterocycles. The molecule has 0 saturated heterocycles. The Hall–Kier alpha value is -1.36. The van der Waals surface area contributed by atoms with Gasteiger partial charge in [-0.05, 0) is 25.7 Å². The summed E-state index contributed by atoms with van der Waals surface area (Å²) in [6, 6.07) is 0.0969. The van der Waals surface area contributed by atoms with Crippen molar-refractivity contribution in [3.05, 3.63) is 17.5 Å². The van der Waals surface area contributed by atoms with Crippen LogP contribution in [0.1, 0.15) is 41.7 Å². The zero-order valence-corrected chi connectivity index (χ0v) is 11.1. The van der Waals surface area contributed by atoms with Gasteiger partial charge in [0.15, 0.2) is 0 Å². The molecule has 0 aliphatic heterocycles. The number of hydrogen-bond acceptors (Lipinski definition) is 3.